The van der Waals surface area contributed by atoms with Crippen LogP contribution in [0.5, 0.6) is 0 Å². The van der Waals surface area contributed by atoms with Crippen molar-refractivity contribution in [3.8, 4) is 0 Å². The summed E-state index contributed by atoms with van der Waals surface area (Å²) in [6.45, 7) is 2.11. The van der Waals surface area contributed by atoms with Crippen molar-refractivity contribution in [2.75, 3.05) is 25.9 Å². The number of anilines is 1. The van der Waals surface area contributed by atoms with E-state index >= 15 is 0 Å². The number of likely N-dealkylation sites (tertiary alicyclic amines) is 1. The highest BCUT2D eigenvalue weighted by atomic mass is 15.5. The fraction of sp³-hybridized carbons (Fsp3) is 0.600. The Morgan fingerprint density at radius 2 is 2.29 bits per heavy atom. The molecule has 1 atom stereocenters. The molecule has 7 heteroatoms. The molecule has 1 saturated heterocycles. The van der Waals surface area contributed by atoms with Crippen LogP contribution in [0.25, 0.3) is 11.2 Å². The zero-order valence-corrected chi connectivity index (χ0v) is 9.74. The second-order valence-electron chi connectivity index (χ2n) is 4.52. The van der Waals surface area contributed by atoms with Crippen LogP contribution in [0.15, 0.2) is 6.33 Å². The summed E-state index contributed by atoms with van der Waals surface area (Å²) >= 11 is 0. The number of nitrogens with zero attached hydrogens (tertiary/aromatic N) is 6. The molecule has 90 valence electrons. The van der Waals surface area contributed by atoms with Gasteiger partial charge in [0, 0.05) is 6.54 Å². The van der Waals surface area contributed by atoms with Crippen LogP contribution in [0.2, 0.25) is 0 Å². The molecule has 0 unspecified atom stereocenters. The van der Waals surface area contributed by atoms with Crippen molar-refractivity contribution in [2.45, 2.75) is 18.9 Å². The van der Waals surface area contributed by atoms with Gasteiger partial charge in [0.05, 0.1) is 6.04 Å². The van der Waals surface area contributed by atoms with E-state index in [9.17, 15) is 0 Å². The molecule has 3 heterocycles. The van der Waals surface area contributed by atoms with Crippen LogP contribution in [0.4, 0.5) is 5.82 Å². The number of rotatable bonds is 1. The third-order valence-corrected chi connectivity index (χ3v) is 3.23. The van der Waals surface area contributed by atoms with Gasteiger partial charge in [-0.15, -0.1) is 5.10 Å². The van der Waals surface area contributed by atoms with Crippen LogP contribution in [-0.2, 0) is 0 Å². The minimum Gasteiger partial charge on any atom is -0.382 e. The molecule has 0 bridgehead atoms. The maximum atomic E-state index is 5.75. The van der Waals surface area contributed by atoms with Gasteiger partial charge >= 0.3 is 0 Å². The van der Waals surface area contributed by atoms with Gasteiger partial charge in [-0.3, -0.25) is 0 Å². The van der Waals surface area contributed by atoms with E-state index in [0.717, 1.165) is 25.2 Å². The van der Waals surface area contributed by atoms with Gasteiger partial charge in [0.1, 0.15) is 6.33 Å². The van der Waals surface area contributed by atoms with Crippen LogP contribution < -0.4 is 5.73 Å². The van der Waals surface area contributed by atoms with Crippen LogP contribution in [0.3, 0.4) is 0 Å². The van der Waals surface area contributed by atoms with E-state index in [1.165, 1.54) is 12.7 Å². The molecule has 2 aromatic heterocycles. The zero-order valence-electron chi connectivity index (χ0n) is 9.74. The summed E-state index contributed by atoms with van der Waals surface area (Å²) in [7, 11) is 2.12. The largest absolute Gasteiger partial charge is 0.382 e. The van der Waals surface area contributed by atoms with Gasteiger partial charge in [-0.1, -0.05) is 5.21 Å². The topological polar surface area (TPSA) is 85.8 Å². The van der Waals surface area contributed by atoms with Gasteiger partial charge in [-0.25, -0.2) is 14.6 Å². The van der Waals surface area contributed by atoms with Crippen molar-refractivity contribution < 1.29 is 0 Å². The van der Waals surface area contributed by atoms with Crippen molar-refractivity contribution in [3.63, 3.8) is 0 Å². The Balaban J connectivity index is 2.02. The molecule has 0 amide bonds. The van der Waals surface area contributed by atoms with E-state index in [2.05, 4.69) is 32.2 Å². The third-order valence-electron chi connectivity index (χ3n) is 3.23. The fourth-order valence-corrected chi connectivity index (χ4v) is 2.37. The van der Waals surface area contributed by atoms with E-state index in [1.807, 2.05) is 4.68 Å². The second kappa shape index (κ2) is 3.92. The molecule has 1 aliphatic rings. The Morgan fingerprint density at radius 3 is 3.12 bits per heavy atom. The predicted molar refractivity (Wildman–Crippen MR) is 63.3 cm³/mol. The van der Waals surface area contributed by atoms with Crippen LogP contribution in [0, 0.1) is 0 Å². The monoisotopic (exact) mass is 233 g/mol. The van der Waals surface area contributed by atoms with Crippen LogP contribution in [-0.4, -0.2) is 50.0 Å². The van der Waals surface area contributed by atoms with Crippen LogP contribution in [0.1, 0.15) is 18.9 Å². The highest BCUT2D eigenvalue weighted by molar-refractivity contribution is 5.80. The number of hydrogen-bond acceptors (Lipinski definition) is 6. The van der Waals surface area contributed by atoms with Gasteiger partial charge < -0.3 is 10.6 Å². The Morgan fingerprint density at radius 1 is 1.41 bits per heavy atom. The number of likely N-dealkylation sites (N-methyl/N-ethyl adjacent to an activating group) is 1. The van der Waals surface area contributed by atoms with E-state index in [4.69, 9.17) is 5.73 Å². The van der Waals surface area contributed by atoms with Crippen LogP contribution >= 0.6 is 0 Å². The first-order chi connectivity index (χ1) is 8.25. The van der Waals surface area contributed by atoms with E-state index in [1.54, 1.807) is 0 Å². The van der Waals surface area contributed by atoms with Gasteiger partial charge in [0.25, 0.3) is 0 Å². The lowest BCUT2D eigenvalue weighted by Crippen LogP contribution is -2.34. The molecule has 0 aliphatic carbocycles. The number of piperidine rings is 1. The minimum atomic E-state index is 0.327. The summed E-state index contributed by atoms with van der Waals surface area (Å²) in [6.07, 6.45) is 3.74. The molecule has 2 N–H and O–H groups in total. The molecule has 0 aromatic carbocycles. The molecule has 0 saturated carbocycles. The molecule has 7 nitrogen and oxygen atoms in total. The number of fused-ring (bicyclic) bond motifs is 1. The Bertz CT molecular complexity index is 534. The first-order valence-corrected chi connectivity index (χ1v) is 5.75. The molecular weight excluding hydrogens is 218 g/mol. The maximum Gasteiger partial charge on any atom is 0.184 e. The minimum absolute atomic E-state index is 0.327. The van der Waals surface area contributed by atoms with Crippen molar-refractivity contribution in [2.24, 2.45) is 0 Å². The average molecular weight is 233 g/mol. The lowest BCUT2D eigenvalue weighted by Gasteiger charge is -2.29. The second-order valence-corrected chi connectivity index (χ2v) is 4.52. The quantitative estimate of drug-likeness (QED) is 0.750. The molecular formula is C10H15N7. The van der Waals surface area contributed by atoms with Gasteiger partial charge in [0.15, 0.2) is 17.0 Å². The van der Waals surface area contributed by atoms with Gasteiger partial charge in [0.2, 0.25) is 0 Å². The summed E-state index contributed by atoms with van der Waals surface area (Å²) in [4.78, 5) is 10.4. The molecule has 1 fully saturated rings. The molecule has 1 aliphatic heterocycles. The maximum absolute atomic E-state index is 5.75. The first-order valence-electron chi connectivity index (χ1n) is 5.75. The molecule has 2 aromatic rings. The van der Waals surface area contributed by atoms with E-state index < -0.39 is 0 Å². The summed E-state index contributed by atoms with van der Waals surface area (Å²) in [5.41, 5.74) is 7.08. The lowest BCUT2D eigenvalue weighted by molar-refractivity contribution is 0.203. The van der Waals surface area contributed by atoms with Crippen molar-refractivity contribution in [1.82, 2.24) is 29.9 Å². The van der Waals surface area contributed by atoms with Crippen molar-refractivity contribution in [3.05, 3.63) is 6.33 Å². The van der Waals surface area contributed by atoms with Gasteiger partial charge in [-0.05, 0) is 26.4 Å². The molecule has 0 radical (unpaired) electrons. The zero-order chi connectivity index (χ0) is 11.8. The SMILES string of the molecule is CN1CCC[C@H](n2nnc3c(N)ncnc32)C1. The summed E-state index contributed by atoms with van der Waals surface area (Å²) < 4.78 is 1.88. The standard InChI is InChI=1S/C10H15N7/c1-16-4-2-3-7(5-16)17-10-8(14-15-17)9(11)12-6-13-10/h6-7H,2-5H2,1H3,(H2,11,12,13)/t7-/m0/s1. The Hall–Kier alpha value is -1.76. The molecule has 3 rings (SSSR count). The Labute approximate surface area is 98.6 Å². The highest BCUT2D eigenvalue weighted by Crippen LogP contribution is 2.23. The fourth-order valence-electron chi connectivity index (χ4n) is 2.37. The summed E-state index contributed by atoms with van der Waals surface area (Å²) in [6, 6.07) is 0.327. The summed E-state index contributed by atoms with van der Waals surface area (Å²) in [5, 5.41) is 8.23. The predicted octanol–water partition coefficient (Wildman–Crippen LogP) is 0.0702. The molecule has 0 spiro atoms. The molecule has 17 heavy (non-hydrogen) atoms. The number of nitrogens with two attached hydrogens (primary N) is 1. The normalized spacial score (nSPS) is 22.1. The van der Waals surface area contributed by atoms with E-state index in [0.29, 0.717) is 17.4 Å². The van der Waals surface area contributed by atoms with Crippen molar-refractivity contribution >= 4 is 17.0 Å². The number of aromatic nitrogens is 5. The Kier molecular flexibility index (Phi) is 2.40. The van der Waals surface area contributed by atoms with Gasteiger partial charge in [-0.2, -0.15) is 0 Å². The number of nitrogen functional groups attached to an aromatic ring is 1. The van der Waals surface area contributed by atoms with E-state index in [-0.39, 0.29) is 0 Å². The summed E-state index contributed by atoms with van der Waals surface area (Å²) in [5.74, 6) is 0.394. The lowest BCUT2D eigenvalue weighted by atomic mass is 10.1. The average Bonchev–Trinajstić information content (AvgIpc) is 2.74. The number of hydrogen-bond donors (Lipinski definition) is 1. The third kappa shape index (κ3) is 1.72. The smallest absolute Gasteiger partial charge is 0.184 e. The highest BCUT2D eigenvalue weighted by Gasteiger charge is 2.22. The first kappa shape index (κ1) is 10.4. The van der Waals surface area contributed by atoms with Crippen molar-refractivity contribution in [1.29, 1.82) is 0 Å².